The molecule has 0 bridgehead atoms. The average Bonchev–Trinajstić information content (AvgIpc) is 2.78. The summed E-state index contributed by atoms with van der Waals surface area (Å²) >= 11 is 19.5. The molecule has 1 aliphatic heterocycles. The van der Waals surface area contributed by atoms with Crippen molar-refractivity contribution in [1.29, 1.82) is 0 Å². The van der Waals surface area contributed by atoms with Crippen molar-refractivity contribution in [3.63, 3.8) is 0 Å². The topological polar surface area (TPSA) is 78.4 Å². The molecule has 178 valence electrons. The third-order valence-corrected chi connectivity index (χ3v) is 6.93. The number of hydrogen-bond donors (Lipinski definition) is 1. The second-order valence-corrected chi connectivity index (χ2v) is 9.86. The van der Waals surface area contributed by atoms with Crippen LogP contribution in [0.1, 0.15) is 25.8 Å². The van der Waals surface area contributed by atoms with E-state index in [0.717, 1.165) is 5.56 Å². The van der Waals surface area contributed by atoms with Crippen molar-refractivity contribution >= 4 is 64.2 Å². The first-order valence-electron chi connectivity index (χ1n) is 10.7. The van der Waals surface area contributed by atoms with Crippen molar-refractivity contribution in [3.8, 4) is 0 Å². The van der Waals surface area contributed by atoms with E-state index in [1.165, 1.54) is 11.8 Å². The van der Waals surface area contributed by atoms with E-state index in [9.17, 15) is 9.59 Å². The normalized spacial score (nSPS) is 16.1. The summed E-state index contributed by atoms with van der Waals surface area (Å²) in [4.78, 5) is 37.2. The second-order valence-electron chi connectivity index (χ2n) is 7.69. The monoisotopic (exact) mass is 529 g/mol. The standard InChI is InChI=1S/C22H26Cl3N5O2S/c1-3-21(32)30-9-8-29(12-14(30)2)19-11-18(25)27-22(28-19)33-13-20(31)26-7-6-15-4-5-16(23)10-17(15)24/h4-5,10-11,14H,3,6-9,12-13H2,1-2H3,(H,26,31). The Hall–Kier alpha value is -1.74. The number of hydrogen-bond acceptors (Lipinski definition) is 6. The predicted octanol–water partition coefficient (Wildman–Crippen LogP) is 4.33. The van der Waals surface area contributed by atoms with Gasteiger partial charge in [-0.05, 0) is 31.0 Å². The fourth-order valence-corrected chi connectivity index (χ4v) is 5.01. The van der Waals surface area contributed by atoms with E-state index < -0.39 is 0 Å². The van der Waals surface area contributed by atoms with Gasteiger partial charge in [-0.25, -0.2) is 9.97 Å². The number of amides is 2. The first-order chi connectivity index (χ1) is 15.8. The van der Waals surface area contributed by atoms with Gasteiger partial charge in [0.2, 0.25) is 11.8 Å². The summed E-state index contributed by atoms with van der Waals surface area (Å²) in [6.45, 7) is 6.33. The number of carbonyl (C=O) groups is 2. The van der Waals surface area contributed by atoms with Gasteiger partial charge in [0.1, 0.15) is 11.0 Å². The van der Waals surface area contributed by atoms with E-state index in [1.807, 2.05) is 24.8 Å². The number of nitrogens with zero attached hydrogens (tertiary/aromatic N) is 4. The molecule has 7 nitrogen and oxygen atoms in total. The summed E-state index contributed by atoms with van der Waals surface area (Å²) in [7, 11) is 0. The van der Waals surface area contributed by atoms with E-state index >= 15 is 0 Å². The van der Waals surface area contributed by atoms with E-state index in [-0.39, 0.29) is 23.6 Å². The Labute approximate surface area is 213 Å². The molecule has 2 aromatic rings. The first-order valence-corrected chi connectivity index (χ1v) is 12.8. The molecule has 1 atom stereocenters. The van der Waals surface area contributed by atoms with Gasteiger partial charge in [-0.1, -0.05) is 59.6 Å². The van der Waals surface area contributed by atoms with Crippen molar-refractivity contribution in [2.24, 2.45) is 0 Å². The average molecular weight is 531 g/mol. The summed E-state index contributed by atoms with van der Waals surface area (Å²) in [6, 6.07) is 7.11. The highest BCUT2D eigenvalue weighted by Crippen LogP contribution is 2.24. The number of nitrogens with one attached hydrogen (secondary N) is 1. The highest BCUT2D eigenvalue weighted by atomic mass is 35.5. The maximum Gasteiger partial charge on any atom is 0.230 e. The summed E-state index contributed by atoms with van der Waals surface area (Å²) < 4.78 is 0. The van der Waals surface area contributed by atoms with Crippen LogP contribution in [-0.2, 0) is 16.0 Å². The van der Waals surface area contributed by atoms with Crippen LogP contribution in [0.15, 0.2) is 29.4 Å². The number of piperazine rings is 1. The minimum absolute atomic E-state index is 0.0796. The van der Waals surface area contributed by atoms with Crippen molar-refractivity contribution in [2.45, 2.75) is 37.9 Å². The summed E-state index contributed by atoms with van der Waals surface area (Å²) in [5, 5.41) is 4.80. The number of thioether (sulfide) groups is 1. The second kappa shape index (κ2) is 12.1. The maximum atomic E-state index is 12.3. The lowest BCUT2D eigenvalue weighted by molar-refractivity contribution is -0.133. The molecular formula is C22H26Cl3N5O2S. The molecule has 0 aliphatic carbocycles. The summed E-state index contributed by atoms with van der Waals surface area (Å²) in [5.74, 6) is 0.897. The SMILES string of the molecule is CCC(=O)N1CCN(c2cc(Cl)nc(SCC(=O)NCCc3ccc(Cl)cc3Cl)n2)CC1C. The number of halogens is 3. The molecule has 1 saturated heterocycles. The molecule has 1 unspecified atom stereocenters. The number of aromatic nitrogens is 2. The number of benzene rings is 1. The Kier molecular flexibility index (Phi) is 9.49. The quantitative estimate of drug-likeness (QED) is 0.311. The molecule has 3 rings (SSSR count). The molecule has 0 saturated carbocycles. The van der Waals surface area contributed by atoms with Crippen LogP contribution >= 0.6 is 46.6 Å². The third kappa shape index (κ3) is 7.37. The molecule has 1 aromatic heterocycles. The largest absolute Gasteiger partial charge is 0.355 e. The maximum absolute atomic E-state index is 12.3. The molecule has 0 radical (unpaired) electrons. The van der Waals surface area contributed by atoms with Crippen LogP contribution in [0.4, 0.5) is 5.82 Å². The Morgan fingerprint density at radius 1 is 1.18 bits per heavy atom. The molecule has 0 spiro atoms. The molecule has 2 amide bonds. The Morgan fingerprint density at radius 3 is 2.67 bits per heavy atom. The Morgan fingerprint density at radius 2 is 1.97 bits per heavy atom. The lowest BCUT2D eigenvalue weighted by atomic mass is 10.1. The lowest BCUT2D eigenvalue weighted by Crippen LogP contribution is -2.54. The van der Waals surface area contributed by atoms with Crippen LogP contribution in [0.5, 0.6) is 0 Å². The van der Waals surface area contributed by atoms with Crippen molar-refractivity contribution in [3.05, 3.63) is 45.0 Å². The number of rotatable bonds is 8. The van der Waals surface area contributed by atoms with Gasteiger partial charge in [-0.2, -0.15) is 0 Å². The predicted molar refractivity (Wildman–Crippen MR) is 135 cm³/mol. The van der Waals surface area contributed by atoms with Gasteiger partial charge < -0.3 is 15.1 Å². The molecule has 33 heavy (non-hydrogen) atoms. The van der Waals surface area contributed by atoms with Gasteiger partial charge in [0, 0.05) is 54.8 Å². The Balaban J connectivity index is 1.51. The van der Waals surface area contributed by atoms with Crippen molar-refractivity contribution < 1.29 is 9.59 Å². The van der Waals surface area contributed by atoms with Gasteiger partial charge in [0.15, 0.2) is 5.16 Å². The fraction of sp³-hybridized carbons (Fsp3) is 0.455. The van der Waals surface area contributed by atoms with Gasteiger partial charge >= 0.3 is 0 Å². The van der Waals surface area contributed by atoms with Gasteiger partial charge in [-0.15, -0.1) is 0 Å². The van der Waals surface area contributed by atoms with Crippen LogP contribution in [0, 0.1) is 0 Å². The van der Waals surface area contributed by atoms with E-state index in [1.54, 1.807) is 18.2 Å². The molecule has 1 N–H and O–H groups in total. The smallest absolute Gasteiger partial charge is 0.230 e. The summed E-state index contributed by atoms with van der Waals surface area (Å²) in [5.41, 5.74) is 0.923. The van der Waals surface area contributed by atoms with E-state index in [0.29, 0.717) is 65.2 Å². The molecule has 2 heterocycles. The zero-order valence-corrected chi connectivity index (χ0v) is 21.6. The van der Waals surface area contributed by atoms with Crippen LogP contribution in [-0.4, -0.2) is 64.7 Å². The molecule has 1 aromatic carbocycles. The van der Waals surface area contributed by atoms with E-state index in [4.69, 9.17) is 34.8 Å². The summed E-state index contributed by atoms with van der Waals surface area (Å²) in [6.07, 6.45) is 1.11. The molecule has 1 fully saturated rings. The first kappa shape index (κ1) is 25.9. The minimum atomic E-state index is -0.129. The van der Waals surface area contributed by atoms with E-state index in [2.05, 4.69) is 20.2 Å². The highest BCUT2D eigenvalue weighted by Gasteiger charge is 2.27. The Bertz CT molecular complexity index is 1010. The highest BCUT2D eigenvalue weighted by molar-refractivity contribution is 7.99. The van der Waals surface area contributed by atoms with Gasteiger partial charge in [0.25, 0.3) is 0 Å². The van der Waals surface area contributed by atoms with Gasteiger partial charge in [-0.3, -0.25) is 9.59 Å². The molecule has 1 aliphatic rings. The van der Waals surface area contributed by atoms with Crippen molar-refractivity contribution in [2.75, 3.05) is 36.8 Å². The zero-order valence-electron chi connectivity index (χ0n) is 18.5. The zero-order chi connectivity index (χ0) is 24.0. The third-order valence-electron chi connectivity index (χ3n) is 5.30. The fourth-order valence-electron chi connectivity index (χ4n) is 3.59. The van der Waals surface area contributed by atoms with Crippen LogP contribution in [0.25, 0.3) is 0 Å². The molecule has 11 heteroatoms. The number of carbonyl (C=O) groups excluding carboxylic acids is 2. The van der Waals surface area contributed by atoms with Crippen LogP contribution in [0.3, 0.4) is 0 Å². The molecular weight excluding hydrogens is 505 g/mol. The van der Waals surface area contributed by atoms with Crippen molar-refractivity contribution in [1.82, 2.24) is 20.2 Å². The van der Waals surface area contributed by atoms with Crippen LogP contribution in [0.2, 0.25) is 15.2 Å². The number of anilines is 1. The minimum Gasteiger partial charge on any atom is -0.355 e. The lowest BCUT2D eigenvalue weighted by Gasteiger charge is -2.40. The van der Waals surface area contributed by atoms with Gasteiger partial charge in [0.05, 0.1) is 5.75 Å². The van der Waals surface area contributed by atoms with Crippen LogP contribution < -0.4 is 10.2 Å².